The molecule has 0 unspecified atom stereocenters. The summed E-state index contributed by atoms with van der Waals surface area (Å²) in [6, 6.07) is 0. The van der Waals surface area contributed by atoms with Crippen LogP contribution >= 0.6 is 0 Å². The zero-order valence-corrected chi connectivity index (χ0v) is 12.5. The lowest BCUT2D eigenvalue weighted by Crippen LogP contribution is -2.30. The molecule has 0 aromatic heterocycles. The maximum absolute atomic E-state index is 11.0. The van der Waals surface area contributed by atoms with Crippen LogP contribution in [-0.4, -0.2) is 42.6 Å². The second-order valence-electron chi connectivity index (χ2n) is 5.13. The Morgan fingerprint density at radius 3 is 2.05 bits per heavy atom. The fraction of sp³-hybridized carbons (Fsp3) is 0.714. The van der Waals surface area contributed by atoms with E-state index in [2.05, 4.69) is 17.2 Å². The molecule has 2 amide bonds. The van der Waals surface area contributed by atoms with Crippen LogP contribution in [0.15, 0.2) is 0 Å². The molecule has 5 nitrogen and oxygen atoms in total. The molecule has 1 saturated heterocycles. The first kappa shape index (κ1) is 17.3. The van der Waals surface area contributed by atoms with Gasteiger partial charge < -0.3 is 15.0 Å². The van der Waals surface area contributed by atoms with E-state index in [1.807, 2.05) is 20.8 Å². The first-order valence-electron chi connectivity index (χ1n) is 6.42. The van der Waals surface area contributed by atoms with Crippen LogP contribution in [0.2, 0.25) is 0 Å². The lowest BCUT2D eigenvalue weighted by molar-refractivity contribution is -0.124. The van der Waals surface area contributed by atoms with E-state index in [4.69, 9.17) is 4.74 Å². The van der Waals surface area contributed by atoms with Crippen molar-refractivity contribution in [2.45, 2.75) is 46.1 Å². The third kappa shape index (κ3) is 8.95. The van der Waals surface area contributed by atoms with Crippen molar-refractivity contribution in [2.24, 2.45) is 0 Å². The van der Waals surface area contributed by atoms with Crippen LogP contribution in [-0.2, 0) is 9.53 Å². The van der Waals surface area contributed by atoms with Gasteiger partial charge in [-0.05, 0) is 46.5 Å². The van der Waals surface area contributed by atoms with Crippen molar-refractivity contribution in [1.82, 2.24) is 10.2 Å². The zero-order chi connectivity index (χ0) is 14.9. The summed E-state index contributed by atoms with van der Waals surface area (Å²) in [5, 5.41) is 2.36. The molecular formula is C14H24N2O3. The molecule has 108 valence electrons. The summed E-state index contributed by atoms with van der Waals surface area (Å²) in [5.41, 5.74) is -0.389. The van der Waals surface area contributed by atoms with E-state index < -0.39 is 0 Å². The number of alkyl carbamates (subject to hydrolysis) is 1. The summed E-state index contributed by atoms with van der Waals surface area (Å²) in [5.74, 6) is 5.11. The standard InChI is InChI=1S/C8H11NO.C6H13NO2/c1-2-5-8(10)9-6-3-4-7-9;1-6(2,3)9-5(8)7-4/h3-4,6-7H2,1H3;1-4H3,(H,7,8). The Hall–Kier alpha value is -1.70. The Morgan fingerprint density at radius 2 is 1.74 bits per heavy atom. The summed E-state index contributed by atoms with van der Waals surface area (Å²) >= 11 is 0. The number of nitrogens with zero attached hydrogens (tertiary/aromatic N) is 1. The van der Waals surface area contributed by atoms with Crippen LogP contribution in [0.5, 0.6) is 0 Å². The molecule has 0 aromatic rings. The third-order valence-electron chi connectivity index (χ3n) is 2.23. The highest BCUT2D eigenvalue weighted by Crippen LogP contribution is 2.06. The van der Waals surface area contributed by atoms with Gasteiger partial charge >= 0.3 is 6.09 Å². The van der Waals surface area contributed by atoms with Gasteiger partial charge in [-0.15, -0.1) is 0 Å². The predicted octanol–water partition coefficient (Wildman–Crippen LogP) is 1.77. The quantitative estimate of drug-likeness (QED) is 0.681. The van der Waals surface area contributed by atoms with Crippen molar-refractivity contribution < 1.29 is 14.3 Å². The van der Waals surface area contributed by atoms with Gasteiger partial charge in [0.1, 0.15) is 5.60 Å². The van der Waals surface area contributed by atoms with E-state index >= 15 is 0 Å². The molecule has 1 heterocycles. The molecule has 0 atom stereocenters. The molecular weight excluding hydrogens is 244 g/mol. The van der Waals surface area contributed by atoms with Crippen LogP contribution in [0, 0.1) is 11.8 Å². The van der Waals surface area contributed by atoms with Crippen LogP contribution in [0.25, 0.3) is 0 Å². The highest BCUT2D eigenvalue weighted by molar-refractivity contribution is 5.93. The van der Waals surface area contributed by atoms with Gasteiger partial charge in [-0.2, -0.15) is 0 Å². The summed E-state index contributed by atoms with van der Waals surface area (Å²) in [7, 11) is 1.54. The van der Waals surface area contributed by atoms with Gasteiger partial charge in [-0.3, -0.25) is 4.79 Å². The van der Waals surface area contributed by atoms with Crippen molar-refractivity contribution >= 4 is 12.0 Å². The minimum Gasteiger partial charge on any atom is -0.444 e. The molecule has 0 aliphatic carbocycles. The molecule has 0 spiro atoms. The third-order valence-corrected chi connectivity index (χ3v) is 2.23. The largest absolute Gasteiger partial charge is 0.444 e. The topological polar surface area (TPSA) is 58.6 Å². The number of carbonyl (C=O) groups is 2. The maximum Gasteiger partial charge on any atom is 0.407 e. The van der Waals surface area contributed by atoms with Crippen molar-refractivity contribution in [1.29, 1.82) is 0 Å². The Morgan fingerprint density at radius 1 is 1.21 bits per heavy atom. The second-order valence-corrected chi connectivity index (χ2v) is 5.13. The van der Waals surface area contributed by atoms with E-state index in [1.54, 1.807) is 11.8 Å². The van der Waals surface area contributed by atoms with Gasteiger partial charge in [0.25, 0.3) is 5.91 Å². The smallest absolute Gasteiger partial charge is 0.407 e. The number of nitrogens with one attached hydrogen (secondary N) is 1. The number of amides is 2. The minimum atomic E-state index is -0.389. The van der Waals surface area contributed by atoms with Gasteiger partial charge in [0.2, 0.25) is 0 Å². The van der Waals surface area contributed by atoms with E-state index in [0.29, 0.717) is 0 Å². The fourth-order valence-electron chi connectivity index (χ4n) is 1.44. The van der Waals surface area contributed by atoms with E-state index in [-0.39, 0.29) is 17.6 Å². The van der Waals surface area contributed by atoms with Crippen LogP contribution < -0.4 is 5.32 Å². The molecule has 0 aromatic carbocycles. The molecule has 1 aliphatic heterocycles. The first-order valence-corrected chi connectivity index (χ1v) is 6.42. The average molecular weight is 268 g/mol. The molecule has 5 heteroatoms. The normalized spacial score (nSPS) is 13.6. The molecule has 0 radical (unpaired) electrons. The summed E-state index contributed by atoms with van der Waals surface area (Å²) in [4.78, 5) is 23.3. The van der Waals surface area contributed by atoms with Crippen molar-refractivity contribution in [3.8, 4) is 11.8 Å². The van der Waals surface area contributed by atoms with Crippen molar-refractivity contribution in [3.63, 3.8) is 0 Å². The lowest BCUT2D eigenvalue weighted by Gasteiger charge is -2.18. The Bertz CT molecular complexity index is 355. The molecule has 1 aliphatic rings. The second kappa shape index (κ2) is 8.41. The van der Waals surface area contributed by atoms with Crippen molar-refractivity contribution in [3.05, 3.63) is 0 Å². The highest BCUT2D eigenvalue weighted by atomic mass is 16.6. The predicted molar refractivity (Wildman–Crippen MR) is 74.6 cm³/mol. The number of hydrogen-bond acceptors (Lipinski definition) is 3. The molecule has 1 N–H and O–H groups in total. The Kier molecular flexibility index (Phi) is 7.66. The summed E-state index contributed by atoms with van der Waals surface area (Å²) < 4.78 is 4.84. The van der Waals surface area contributed by atoms with Gasteiger partial charge in [-0.1, -0.05) is 5.92 Å². The van der Waals surface area contributed by atoms with Crippen LogP contribution in [0.3, 0.4) is 0 Å². The SMILES string of the molecule is CC#CC(=O)N1CCCC1.CNC(=O)OC(C)(C)C. The lowest BCUT2D eigenvalue weighted by atomic mass is 10.2. The van der Waals surface area contributed by atoms with Crippen LogP contribution in [0.4, 0.5) is 4.79 Å². The fourth-order valence-corrected chi connectivity index (χ4v) is 1.44. The van der Waals surface area contributed by atoms with Gasteiger partial charge in [0.15, 0.2) is 0 Å². The Labute approximate surface area is 115 Å². The van der Waals surface area contributed by atoms with Crippen molar-refractivity contribution in [2.75, 3.05) is 20.1 Å². The molecule has 19 heavy (non-hydrogen) atoms. The molecule has 0 saturated carbocycles. The number of rotatable bonds is 0. The molecule has 1 rings (SSSR count). The average Bonchev–Trinajstić information content (AvgIpc) is 2.81. The van der Waals surface area contributed by atoms with E-state index in [0.717, 1.165) is 25.9 Å². The van der Waals surface area contributed by atoms with E-state index in [9.17, 15) is 9.59 Å². The van der Waals surface area contributed by atoms with Gasteiger partial charge in [0.05, 0.1) is 0 Å². The number of hydrogen-bond donors (Lipinski definition) is 1. The highest BCUT2D eigenvalue weighted by Gasteiger charge is 2.15. The monoisotopic (exact) mass is 268 g/mol. The number of carbonyl (C=O) groups excluding carboxylic acids is 2. The van der Waals surface area contributed by atoms with E-state index in [1.165, 1.54) is 7.05 Å². The zero-order valence-electron chi connectivity index (χ0n) is 12.5. The number of likely N-dealkylation sites (tertiary alicyclic amines) is 1. The summed E-state index contributed by atoms with van der Waals surface area (Å²) in [6.45, 7) is 8.95. The number of ether oxygens (including phenoxy) is 1. The minimum absolute atomic E-state index is 0.0139. The maximum atomic E-state index is 11.0. The Balaban J connectivity index is 0.000000344. The van der Waals surface area contributed by atoms with Gasteiger partial charge in [-0.25, -0.2) is 4.79 Å². The molecule has 0 bridgehead atoms. The van der Waals surface area contributed by atoms with Gasteiger partial charge in [0, 0.05) is 20.1 Å². The van der Waals surface area contributed by atoms with Crippen LogP contribution in [0.1, 0.15) is 40.5 Å². The summed E-state index contributed by atoms with van der Waals surface area (Å²) in [6.07, 6.45) is 1.89. The first-order chi connectivity index (χ1) is 8.80. The molecule has 1 fully saturated rings.